The molecule has 0 heterocycles. The molecule has 2 heteroatoms. The number of hydrogen-bond acceptors (Lipinski definition) is 1. The number of hydrogen-bond donors (Lipinski definition) is 0. The molecule has 0 saturated heterocycles. The molecule has 1 aromatic rings. The molecule has 0 radical (unpaired) electrons. The first kappa shape index (κ1) is 25.4. The van der Waals surface area contributed by atoms with E-state index in [-0.39, 0.29) is 15.0 Å². The Bertz CT molecular complexity index is 695. The van der Waals surface area contributed by atoms with Gasteiger partial charge in [0.25, 0.3) is 0 Å². The van der Waals surface area contributed by atoms with Crippen molar-refractivity contribution in [1.82, 2.24) is 0 Å². The molecule has 158 valence electrons. The van der Waals surface area contributed by atoms with Gasteiger partial charge in [-0.05, 0) is 19.8 Å². The van der Waals surface area contributed by atoms with E-state index in [1.165, 1.54) is 21.2 Å². The first-order valence-electron chi connectivity index (χ1n) is 10.8. The molecule has 29 heavy (non-hydrogen) atoms. The molecule has 0 aliphatic rings. The van der Waals surface area contributed by atoms with Crippen LogP contribution in [-0.4, -0.2) is 19.6 Å². The number of benzene rings is 1. The van der Waals surface area contributed by atoms with Gasteiger partial charge in [0.2, 0.25) is 0 Å². The van der Waals surface area contributed by atoms with Gasteiger partial charge in [0.05, 0.1) is 0 Å². The van der Waals surface area contributed by atoms with Crippen molar-refractivity contribution in [2.24, 2.45) is 0 Å². The van der Waals surface area contributed by atoms with E-state index in [9.17, 15) is 4.79 Å². The average Bonchev–Trinajstić information content (AvgIpc) is 2.69. The zero-order valence-corrected chi connectivity index (χ0v) is 20.3. The zero-order valence-electron chi connectivity index (χ0n) is 18.6. The van der Waals surface area contributed by atoms with Crippen LogP contribution >= 0.6 is 0 Å². The number of allylic oxidation sites excluding steroid dienone is 7. The van der Waals surface area contributed by atoms with E-state index in [4.69, 9.17) is 0 Å². The first-order chi connectivity index (χ1) is 14.0. The Morgan fingerprint density at radius 1 is 0.793 bits per heavy atom. The van der Waals surface area contributed by atoms with Crippen LogP contribution in [0, 0.1) is 0 Å². The van der Waals surface area contributed by atoms with E-state index in [1.807, 2.05) is 24.3 Å². The Labute approximate surface area is 185 Å². The maximum absolute atomic E-state index is 12.1. The molecule has 1 rings (SSSR count). The van der Waals surface area contributed by atoms with Crippen LogP contribution in [0.25, 0.3) is 0 Å². The molecule has 0 N–H and O–H groups in total. The van der Waals surface area contributed by atoms with Crippen LogP contribution in [0.2, 0.25) is 0 Å². The summed E-state index contributed by atoms with van der Waals surface area (Å²) in [5.74, 6) is 0. The summed E-state index contributed by atoms with van der Waals surface area (Å²) in [4.78, 5) is 12.1. The van der Waals surface area contributed by atoms with E-state index in [2.05, 4.69) is 57.7 Å². The first-order valence-corrected chi connectivity index (χ1v) is 12.6. The zero-order chi connectivity index (χ0) is 21.3. The summed E-state index contributed by atoms with van der Waals surface area (Å²) in [5.41, 5.74) is 4.38. The molecule has 0 aliphatic carbocycles. The molecular weight excluding hydrogens is 419 g/mol. The van der Waals surface area contributed by atoms with Crippen molar-refractivity contribution < 1.29 is 4.79 Å². The van der Waals surface area contributed by atoms with Gasteiger partial charge in [-0.1, -0.05) is 17.7 Å². The third-order valence-corrected chi connectivity index (χ3v) is 6.82. The molecule has 0 spiro atoms. The summed E-state index contributed by atoms with van der Waals surface area (Å²) in [6.07, 6.45) is 18.5. The predicted molar refractivity (Wildman–Crippen MR) is 130 cm³/mol. The van der Waals surface area contributed by atoms with Crippen molar-refractivity contribution in [2.45, 2.75) is 78.6 Å². The third-order valence-electron chi connectivity index (χ3n) is 4.85. The quantitative estimate of drug-likeness (QED) is 0.156. The van der Waals surface area contributed by atoms with Crippen LogP contribution in [0.4, 0.5) is 0 Å². The van der Waals surface area contributed by atoms with Gasteiger partial charge in [-0.3, -0.25) is 0 Å². The fraction of sp³-hybridized carbons (Fsp3) is 0.444. The van der Waals surface area contributed by atoms with Crippen molar-refractivity contribution in [3.63, 3.8) is 0 Å². The van der Waals surface area contributed by atoms with Crippen LogP contribution in [0.1, 0.15) is 78.6 Å². The molecule has 0 unspecified atom stereocenters. The molecule has 0 saturated carbocycles. The van der Waals surface area contributed by atoms with Crippen LogP contribution in [0.5, 0.6) is 0 Å². The summed E-state index contributed by atoms with van der Waals surface area (Å²) in [6.45, 7) is 10.4. The summed E-state index contributed by atoms with van der Waals surface area (Å²) < 4.78 is 1.59. The maximum atomic E-state index is 12.1. The van der Waals surface area contributed by atoms with Gasteiger partial charge >= 0.3 is 141 Å². The molecule has 1 nitrogen and oxygen atoms in total. The topological polar surface area (TPSA) is 17.1 Å². The van der Waals surface area contributed by atoms with Gasteiger partial charge in [0.1, 0.15) is 0 Å². The minimum absolute atomic E-state index is 0.0278. The normalized spacial score (nSPS) is 12.9. The molecule has 1 aromatic carbocycles. The van der Waals surface area contributed by atoms with Crippen molar-refractivity contribution >= 4 is 24.1 Å². The van der Waals surface area contributed by atoms with Gasteiger partial charge in [-0.25, -0.2) is 0 Å². The van der Waals surface area contributed by atoms with Crippen LogP contribution in [-0.2, 0) is 4.79 Å². The molecule has 0 bridgehead atoms. The second-order valence-electron chi connectivity index (χ2n) is 7.74. The predicted octanol–water partition coefficient (Wildman–Crippen LogP) is 7.08. The van der Waals surface area contributed by atoms with Gasteiger partial charge < -0.3 is 0 Å². The van der Waals surface area contributed by atoms with Gasteiger partial charge in [-0.15, -0.1) is 6.58 Å². The SMILES string of the molecule is C=CCC/C=C(\C)CC/C=C(\C)CC/C=C(\C)CCCC(=O)[Se]c1ccccc1. The van der Waals surface area contributed by atoms with Crippen molar-refractivity contribution in [1.29, 1.82) is 0 Å². The van der Waals surface area contributed by atoms with Gasteiger partial charge in [0.15, 0.2) is 0 Å². The van der Waals surface area contributed by atoms with Crippen molar-refractivity contribution in [2.75, 3.05) is 0 Å². The summed E-state index contributed by atoms with van der Waals surface area (Å²) in [6, 6.07) is 10.1. The van der Waals surface area contributed by atoms with Gasteiger partial charge in [0, 0.05) is 0 Å². The molecular formula is C27H38OSe. The minimum atomic E-state index is -0.0278. The fourth-order valence-electron chi connectivity index (χ4n) is 3.03. The van der Waals surface area contributed by atoms with Crippen LogP contribution in [0.3, 0.4) is 0 Å². The van der Waals surface area contributed by atoms with E-state index < -0.39 is 0 Å². The summed E-state index contributed by atoms with van der Waals surface area (Å²) >= 11 is -0.0278. The Balaban J connectivity index is 2.18. The van der Waals surface area contributed by atoms with Crippen molar-refractivity contribution in [3.05, 3.63) is 77.9 Å². The molecule has 0 aliphatic heterocycles. The standard InChI is InChI=1S/C27H38OSe/c1-5-6-8-14-23(2)15-11-16-24(3)17-12-18-25(4)19-13-22-27(28)29-26-20-9-7-10-21-26/h5,7,9-10,14,16,18,20-21H,1,6,8,11-13,15,17,19,22H2,2-4H3/b23-14+,24-16+,25-18+. The number of carbonyl (C=O) groups is 1. The Morgan fingerprint density at radius 2 is 1.34 bits per heavy atom. The van der Waals surface area contributed by atoms with Crippen LogP contribution < -0.4 is 4.46 Å². The monoisotopic (exact) mass is 458 g/mol. The number of carbonyl (C=O) groups excluding carboxylic acids is 1. The molecule has 0 amide bonds. The average molecular weight is 458 g/mol. The van der Waals surface area contributed by atoms with E-state index in [0.717, 1.165) is 51.4 Å². The molecule has 0 atom stereocenters. The third kappa shape index (κ3) is 14.1. The van der Waals surface area contributed by atoms with Crippen LogP contribution in [0.15, 0.2) is 77.9 Å². The molecule has 0 aromatic heterocycles. The van der Waals surface area contributed by atoms with E-state index in [0.29, 0.717) is 11.1 Å². The summed E-state index contributed by atoms with van der Waals surface area (Å²) in [7, 11) is 0. The molecule has 0 fully saturated rings. The Hall–Kier alpha value is -1.63. The van der Waals surface area contributed by atoms with Gasteiger partial charge in [-0.2, -0.15) is 0 Å². The van der Waals surface area contributed by atoms with E-state index >= 15 is 0 Å². The second kappa shape index (κ2) is 16.2. The van der Waals surface area contributed by atoms with E-state index in [1.54, 1.807) is 0 Å². The summed E-state index contributed by atoms with van der Waals surface area (Å²) in [5, 5.41) is 0. The second-order valence-corrected chi connectivity index (χ2v) is 10.1. The number of unbranched alkanes of at least 4 members (excludes halogenated alkanes) is 1. The number of rotatable bonds is 15. The fourth-order valence-corrected chi connectivity index (χ4v) is 4.71. The van der Waals surface area contributed by atoms with Crippen molar-refractivity contribution in [3.8, 4) is 0 Å². The Kier molecular flexibility index (Phi) is 14.2. The Morgan fingerprint density at radius 3 is 1.93 bits per heavy atom.